The number of aromatic nitrogens is 6. The Morgan fingerprint density at radius 3 is 2.28 bits per heavy atom. The van der Waals surface area contributed by atoms with Gasteiger partial charge in [-0.1, -0.05) is 17.3 Å². The van der Waals surface area contributed by atoms with Gasteiger partial charge in [0.1, 0.15) is 17.0 Å². The van der Waals surface area contributed by atoms with Crippen LogP contribution in [0.4, 0.5) is 5.95 Å². The minimum atomic E-state index is 0. The number of fused-ring (bicyclic) bond motifs is 1. The molecule has 36 heavy (non-hydrogen) atoms. The van der Waals surface area contributed by atoms with Crippen molar-refractivity contribution in [2.24, 2.45) is 7.05 Å². The lowest BCUT2D eigenvalue weighted by Gasteiger charge is -2.48. The highest BCUT2D eigenvalue weighted by Gasteiger charge is 2.39. The number of halogens is 1. The molecule has 0 bridgehead atoms. The minimum absolute atomic E-state index is 0. The van der Waals surface area contributed by atoms with Gasteiger partial charge in [-0.3, -0.25) is 0 Å². The standard InChI is InChI=1S/C26H32N8O.ClH/c1-25(2)13-18(14-26(3,4)31-25)33(5)24-27-15-21(28-30-24)19-9-7-17(12-23(19)35)16-8-10-22-20(11-16)29-32-34(22)6;/h7-12,15,18,31,35H,13-14H2,1-6H3;1H. The zero-order valence-electron chi connectivity index (χ0n) is 21.5. The molecule has 0 atom stereocenters. The van der Waals surface area contributed by atoms with Crippen LogP contribution in [0.25, 0.3) is 33.4 Å². The van der Waals surface area contributed by atoms with Crippen molar-refractivity contribution >= 4 is 29.4 Å². The summed E-state index contributed by atoms with van der Waals surface area (Å²) in [7, 11) is 3.89. The Hall–Kier alpha value is -3.30. The van der Waals surface area contributed by atoms with Crippen LogP contribution >= 0.6 is 12.4 Å². The number of aromatic hydroxyl groups is 1. The molecule has 190 valence electrons. The van der Waals surface area contributed by atoms with Crippen LogP contribution in [0.3, 0.4) is 0 Å². The first-order valence-corrected chi connectivity index (χ1v) is 11.9. The van der Waals surface area contributed by atoms with Crippen molar-refractivity contribution in [3.8, 4) is 28.1 Å². The average molecular weight is 509 g/mol. The van der Waals surface area contributed by atoms with Crippen LogP contribution < -0.4 is 10.2 Å². The smallest absolute Gasteiger partial charge is 0.245 e. The number of anilines is 1. The maximum Gasteiger partial charge on any atom is 0.245 e. The van der Waals surface area contributed by atoms with Crippen LogP contribution in [-0.4, -0.2) is 59.4 Å². The Morgan fingerprint density at radius 1 is 0.972 bits per heavy atom. The van der Waals surface area contributed by atoms with Gasteiger partial charge in [0, 0.05) is 36.8 Å². The first-order chi connectivity index (χ1) is 16.5. The molecule has 0 saturated carbocycles. The second-order valence-electron chi connectivity index (χ2n) is 10.9. The number of hydrogen-bond acceptors (Lipinski definition) is 8. The molecular formula is C26H33ClN8O. The van der Waals surface area contributed by atoms with Gasteiger partial charge in [0.15, 0.2) is 0 Å². The van der Waals surface area contributed by atoms with Crippen molar-refractivity contribution in [1.82, 2.24) is 35.5 Å². The van der Waals surface area contributed by atoms with Crippen molar-refractivity contribution in [2.75, 3.05) is 11.9 Å². The van der Waals surface area contributed by atoms with E-state index >= 15 is 0 Å². The molecule has 5 rings (SSSR count). The van der Waals surface area contributed by atoms with Crippen molar-refractivity contribution in [1.29, 1.82) is 0 Å². The number of hydrogen-bond donors (Lipinski definition) is 2. The predicted molar refractivity (Wildman–Crippen MR) is 144 cm³/mol. The number of piperidine rings is 1. The maximum absolute atomic E-state index is 10.8. The van der Waals surface area contributed by atoms with E-state index in [9.17, 15) is 5.11 Å². The van der Waals surface area contributed by atoms with Crippen LogP contribution in [-0.2, 0) is 7.05 Å². The zero-order chi connectivity index (χ0) is 25.0. The van der Waals surface area contributed by atoms with Crippen LogP contribution in [0.15, 0.2) is 42.6 Å². The number of nitrogens with zero attached hydrogens (tertiary/aromatic N) is 7. The highest BCUT2D eigenvalue weighted by Crippen LogP contribution is 2.34. The van der Waals surface area contributed by atoms with E-state index in [2.05, 4.69) is 63.4 Å². The summed E-state index contributed by atoms with van der Waals surface area (Å²) in [6.45, 7) is 8.92. The summed E-state index contributed by atoms with van der Waals surface area (Å²) in [5, 5.41) is 31.5. The molecule has 0 radical (unpaired) electrons. The van der Waals surface area contributed by atoms with Gasteiger partial charge in [-0.25, -0.2) is 9.67 Å². The van der Waals surface area contributed by atoms with E-state index in [0.717, 1.165) is 35.0 Å². The number of nitrogens with one attached hydrogen (secondary N) is 1. The van der Waals surface area contributed by atoms with E-state index in [1.54, 1.807) is 16.9 Å². The van der Waals surface area contributed by atoms with E-state index in [1.807, 2.05) is 44.4 Å². The van der Waals surface area contributed by atoms with E-state index in [-0.39, 0.29) is 29.2 Å². The maximum atomic E-state index is 10.8. The number of benzene rings is 2. The highest BCUT2D eigenvalue weighted by atomic mass is 35.5. The fourth-order valence-corrected chi connectivity index (χ4v) is 5.41. The molecule has 9 nitrogen and oxygen atoms in total. The fraction of sp³-hybridized carbons (Fsp3) is 0.423. The third-order valence-electron chi connectivity index (χ3n) is 6.80. The molecule has 2 aromatic carbocycles. The molecule has 0 aliphatic carbocycles. The van der Waals surface area contributed by atoms with Gasteiger partial charge in [0.05, 0.1) is 11.7 Å². The number of rotatable bonds is 4. The molecule has 2 aromatic heterocycles. The van der Waals surface area contributed by atoms with Crippen LogP contribution in [0.1, 0.15) is 40.5 Å². The first kappa shape index (κ1) is 25.8. The number of phenolic OH excluding ortho intramolecular Hbond substituents is 1. The lowest BCUT2D eigenvalue weighted by atomic mass is 9.79. The van der Waals surface area contributed by atoms with Crippen molar-refractivity contribution in [3.05, 3.63) is 42.6 Å². The van der Waals surface area contributed by atoms with Gasteiger partial charge in [-0.05, 0) is 75.9 Å². The molecule has 2 N–H and O–H groups in total. The van der Waals surface area contributed by atoms with Gasteiger partial charge in [0.2, 0.25) is 5.95 Å². The number of phenols is 1. The molecule has 0 spiro atoms. The highest BCUT2D eigenvalue weighted by molar-refractivity contribution is 5.85. The van der Waals surface area contributed by atoms with E-state index in [4.69, 9.17) is 0 Å². The Bertz CT molecular complexity index is 1370. The minimum Gasteiger partial charge on any atom is -0.507 e. The summed E-state index contributed by atoms with van der Waals surface area (Å²) < 4.78 is 1.74. The van der Waals surface area contributed by atoms with Crippen molar-refractivity contribution in [3.63, 3.8) is 0 Å². The van der Waals surface area contributed by atoms with Crippen molar-refractivity contribution < 1.29 is 5.11 Å². The van der Waals surface area contributed by atoms with Crippen LogP contribution in [0.2, 0.25) is 0 Å². The Balaban J connectivity index is 0.00000304. The topological polar surface area (TPSA) is 105 Å². The molecule has 0 amide bonds. The van der Waals surface area contributed by atoms with Gasteiger partial charge >= 0.3 is 0 Å². The van der Waals surface area contributed by atoms with Gasteiger partial charge in [-0.15, -0.1) is 27.7 Å². The molecule has 1 fully saturated rings. The Kier molecular flexibility index (Phi) is 6.66. The summed E-state index contributed by atoms with van der Waals surface area (Å²) >= 11 is 0. The average Bonchev–Trinajstić information content (AvgIpc) is 3.17. The number of aryl methyl sites for hydroxylation is 1. The lowest BCUT2D eigenvalue weighted by Crippen LogP contribution is -2.62. The predicted octanol–water partition coefficient (Wildman–Crippen LogP) is 4.36. The third-order valence-corrected chi connectivity index (χ3v) is 6.80. The summed E-state index contributed by atoms with van der Waals surface area (Å²) in [5.74, 6) is 0.710. The van der Waals surface area contributed by atoms with Crippen molar-refractivity contribution in [2.45, 2.75) is 57.7 Å². The Labute approximate surface area is 217 Å². The fourth-order valence-electron chi connectivity index (χ4n) is 5.41. The molecular weight excluding hydrogens is 476 g/mol. The van der Waals surface area contributed by atoms with Crippen LogP contribution in [0, 0.1) is 0 Å². The van der Waals surface area contributed by atoms with Gasteiger partial charge in [-0.2, -0.15) is 0 Å². The quantitative estimate of drug-likeness (QED) is 0.419. The Morgan fingerprint density at radius 2 is 1.64 bits per heavy atom. The molecule has 0 unspecified atom stereocenters. The van der Waals surface area contributed by atoms with Gasteiger partial charge in [0.25, 0.3) is 0 Å². The lowest BCUT2D eigenvalue weighted by molar-refractivity contribution is 0.160. The summed E-state index contributed by atoms with van der Waals surface area (Å²) in [4.78, 5) is 6.70. The largest absolute Gasteiger partial charge is 0.507 e. The summed E-state index contributed by atoms with van der Waals surface area (Å²) in [5.41, 5.74) is 4.77. The van der Waals surface area contributed by atoms with E-state index in [1.165, 1.54) is 0 Å². The SMILES string of the molecule is CN(c1ncc(-c2ccc(-c3ccc4c(c3)nnn4C)cc2O)nn1)C1CC(C)(C)NC(C)(C)C1.Cl. The summed E-state index contributed by atoms with van der Waals surface area (Å²) in [6.07, 6.45) is 3.65. The van der Waals surface area contributed by atoms with Gasteiger partial charge < -0.3 is 15.3 Å². The van der Waals surface area contributed by atoms with E-state index in [0.29, 0.717) is 23.2 Å². The van der Waals surface area contributed by atoms with E-state index < -0.39 is 0 Å². The first-order valence-electron chi connectivity index (χ1n) is 11.9. The molecule has 4 aromatic rings. The second kappa shape index (κ2) is 9.29. The molecule has 1 aliphatic rings. The molecule has 10 heteroatoms. The van der Waals surface area contributed by atoms with Crippen LogP contribution in [0.5, 0.6) is 5.75 Å². The summed E-state index contributed by atoms with van der Waals surface area (Å²) in [6, 6.07) is 11.8. The molecule has 1 aliphatic heterocycles. The molecule has 1 saturated heterocycles. The normalized spacial score (nSPS) is 17.1. The monoisotopic (exact) mass is 508 g/mol. The molecule has 3 heterocycles. The third kappa shape index (κ3) is 4.99. The zero-order valence-corrected chi connectivity index (χ0v) is 22.3. The second-order valence-corrected chi connectivity index (χ2v) is 10.9.